The molecule has 120 valence electrons. The third-order valence-electron chi connectivity index (χ3n) is 4.23. The molecule has 0 atom stereocenters. The van der Waals surface area contributed by atoms with Crippen LogP contribution in [0.15, 0.2) is 30.6 Å². The number of nitrogens with zero attached hydrogens (tertiary/aromatic N) is 3. The van der Waals surface area contributed by atoms with E-state index in [0.29, 0.717) is 0 Å². The van der Waals surface area contributed by atoms with Crippen molar-refractivity contribution in [2.75, 3.05) is 31.2 Å². The Bertz CT molecular complexity index is 719. The van der Waals surface area contributed by atoms with Crippen molar-refractivity contribution >= 4 is 11.9 Å². The SMILES string of the molecule is C/C=C\c1c(-c2cnccc2C)cc(N2CCOCC2)nc1C. The first kappa shape index (κ1) is 15.7. The van der Waals surface area contributed by atoms with Gasteiger partial charge in [0.1, 0.15) is 5.82 Å². The standard InChI is InChI=1S/C19H23N3O/c1-4-5-16-15(3)21-19(22-8-10-23-11-9-22)12-17(16)18-13-20-7-6-14(18)2/h4-7,12-13H,8-11H2,1-3H3/b5-4-. The quantitative estimate of drug-likeness (QED) is 0.868. The number of aromatic nitrogens is 2. The maximum Gasteiger partial charge on any atom is 0.129 e. The van der Waals surface area contributed by atoms with Crippen molar-refractivity contribution in [3.8, 4) is 11.1 Å². The van der Waals surface area contributed by atoms with E-state index in [-0.39, 0.29) is 0 Å². The molecule has 4 nitrogen and oxygen atoms in total. The fourth-order valence-corrected chi connectivity index (χ4v) is 2.97. The van der Waals surface area contributed by atoms with Gasteiger partial charge in [-0.25, -0.2) is 4.98 Å². The highest BCUT2D eigenvalue weighted by atomic mass is 16.5. The van der Waals surface area contributed by atoms with Gasteiger partial charge in [0.2, 0.25) is 0 Å². The van der Waals surface area contributed by atoms with E-state index >= 15 is 0 Å². The predicted molar refractivity (Wildman–Crippen MR) is 94.7 cm³/mol. The number of morpholine rings is 1. The molecule has 1 saturated heterocycles. The number of rotatable bonds is 3. The topological polar surface area (TPSA) is 38.2 Å². The van der Waals surface area contributed by atoms with Gasteiger partial charge in [0.05, 0.1) is 13.2 Å². The van der Waals surface area contributed by atoms with Crippen molar-refractivity contribution in [3.05, 3.63) is 47.4 Å². The molecule has 0 bridgehead atoms. The lowest BCUT2D eigenvalue weighted by atomic mass is 9.96. The molecule has 2 aromatic rings. The summed E-state index contributed by atoms with van der Waals surface area (Å²) in [6.07, 6.45) is 7.98. The van der Waals surface area contributed by atoms with Gasteiger partial charge in [0.25, 0.3) is 0 Å². The Morgan fingerprint density at radius 2 is 1.96 bits per heavy atom. The van der Waals surface area contributed by atoms with Crippen LogP contribution >= 0.6 is 0 Å². The predicted octanol–water partition coefficient (Wildman–Crippen LogP) is 3.63. The molecule has 2 aromatic heterocycles. The Morgan fingerprint density at radius 3 is 2.65 bits per heavy atom. The van der Waals surface area contributed by atoms with Gasteiger partial charge in [-0.3, -0.25) is 4.98 Å². The lowest BCUT2D eigenvalue weighted by Gasteiger charge is -2.29. The molecule has 0 radical (unpaired) electrons. The monoisotopic (exact) mass is 309 g/mol. The molecule has 0 amide bonds. The van der Waals surface area contributed by atoms with E-state index in [9.17, 15) is 0 Å². The van der Waals surface area contributed by atoms with Crippen LogP contribution in [-0.2, 0) is 4.74 Å². The van der Waals surface area contributed by atoms with Crippen molar-refractivity contribution in [2.24, 2.45) is 0 Å². The average Bonchev–Trinajstić information content (AvgIpc) is 2.58. The average molecular weight is 309 g/mol. The summed E-state index contributed by atoms with van der Waals surface area (Å²) in [5.74, 6) is 1.03. The molecule has 0 N–H and O–H groups in total. The Kier molecular flexibility index (Phi) is 4.72. The zero-order chi connectivity index (χ0) is 16.2. The normalized spacial score (nSPS) is 15.3. The number of ether oxygens (including phenoxy) is 1. The van der Waals surface area contributed by atoms with Crippen LogP contribution in [-0.4, -0.2) is 36.3 Å². The van der Waals surface area contributed by atoms with Gasteiger partial charge in [-0.2, -0.15) is 0 Å². The molecule has 1 aliphatic rings. The second-order valence-electron chi connectivity index (χ2n) is 5.82. The van der Waals surface area contributed by atoms with E-state index in [1.807, 2.05) is 19.3 Å². The van der Waals surface area contributed by atoms with Crippen molar-refractivity contribution in [1.82, 2.24) is 9.97 Å². The molecule has 0 spiro atoms. The molecular weight excluding hydrogens is 286 g/mol. The molecule has 0 aromatic carbocycles. The van der Waals surface area contributed by atoms with Crippen LogP contribution in [0.25, 0.3) is 17.2 Å². The highest BCUT2D eigenvalue weighted by Crippen LogP contribution is 2.32. The third kappa shape index (κ3) is 3.27. The molecule has 4 heteroatoms. The van der Waals surface area contributed by atoms with Crippen LogP contribution in [0.4, 0.5) is 5.82 Å². The van der Waals surface area contributed by atoms with E-state index in [1.165, 1.54) is 22.3 Å². The number of anilines is 1. The Morgan fingerprint density at radius 1 is 1.17 bits per heavy atom. The fourth-order valence-electron chi connectivity index (χ4n) is 2.97. The fraction of sp³-hybridized carbons (Fsp3) is 0.368. The smallest absolute Gasteiger partial charge is 0.129 e. The van der Waals surface area contributed by atoms with E-state index < -0.39 is 0 Å². The summed E-state index contributed by atoms with van der Waals surface area (Å²) in [6, 6.07) is 4.25. The van der Waals surface area contributed by atoms with E-state index in [2.05, 4.69) is 48.0 Å². The molecule has 0 unspecified atom stereocenters. The number of pyridine rings is 2. The van der Waals surface area contributed by atoms with Gasteiger partial charge in [0.15, 0.2) is 0 Å². The highest BCUT2D eigenvalue weighted by Gasteiger charge is 2.17. The molecule has 0 aliphatic carbocycles. The van der Waals surface area contributed by atoms with Gasteiger partial charge in [-0.05, 0) is 44.0 Å². The minimum atomic E-state index is 0.762. The first-order valence-corrected chi connectivity index (χ1v) is 8.08. The van der Waals surface area contributed by atoms with E-state index in [0.717, 1.165) is 37.8 Å². The first-order chi connectivity index (χ1) is 11.2. The van der Waals surface area contributed by atoms with Crippen LogP contribution in [0.3, 0.4) is 0 Å². The summed E-state index contributed by atoms with van der Waals surface area (Å²) in [7, 11) is 0. The minimum absolute atomic E-state index is 0.762. The largest absolute Gasteiger partial charge is 0.378 e. The summed E-state index contributed by atoms with van der Waals surface area (Å²) in [4.78, 5) is 11.4. The third-order valence-corrected chi connectivity index (χ3v) is 4.23. The first-order valence-electron chi connectivity index (χ1n) is 8.08. The lowest BCUT2D eigenvalue weighted by Crippen LogP contribution is -2.36. The molecule has 23 heavy (non-hydrogen) atoms. The zero-order valence-electron chi connectivity index (χ0n) is 14.0. The molecular formula is C19H23N3O. The van der Waals surface area contributed by atoms with Crippen LogP contribution in [0.2, 0.25) is 0 Å². The van der Waals surface area contributed by atoms with E-state index in [4.69, 9.17) is 9.72 Å². The maximum absolute atomic E-state index is 5.46. The van der Waals surface area contributed by atoms with Gasteiger partial charge >= 0.3 is 0 Å². The minimum Gasteiger partial charge on any atom is -0.378 e. The number of allylic oxidation sites excluding steroid dienone is 1. The van der Waals surface area contributed by atoms with Gasteiger partial charge < -0.3 is 9.64 Å². The number of aryl methyl sites for hydroxylation is 2. The van der Waals surface area contributed by atoms with Crippen LogP contribution in [0, 0.1) is 13.8 Å². The van der Waals surface area contributed by atoms with Gasteiger partial charge in [-0.1, -0.05) is 12.2 Å². The van der Waals surface area contributed by atoms with Crippen LogP contribution in [0.5, 0.6) is 0 Å². The second kappa shape index (κ2) is 6.92. The summed E-state index contributed by atoms with van der Waals surface area (Å²) >= 11 is 0. The Hall–Kier alpha value is -2.20. The highest BCUT2D eigenvalue weighted by molar-refractivity contribution is 5.80. The van der Waals surface area contributed by atoms with E-state index in [1.54, 1.807) is 0 Å². The maximum atomic E-state index is 5.46. The van der Waals surface area contributed by atoms with Crippen LogP contribution < -0.4 is 4.90 Å². The Labute approximate surface area is 137 Å². The molecule has 0 saturated carbocycles. The number of hydrogen-bond donors (Lipinski definition) is 0. The summed E-state index contributed by atoms with van der Waals surface area (Å²) in [5.41, 5.74) is 5.80. The molecule has 1 aliphatic heterocycles. The van der Waals surface area contributed by atoms with Crippen molar-refractivity contribution < 1.29 is 4.74 Å². The van der Waals surface area contributed by atoms with Gasteiger partial charge in [-0.15, -0.1) is 0 Å². The van der Waals surface area contributed by atoms with Gasteiger partial charge in [0, 0.05) is 42.3 Å². The molecule has 1 fully saturated rings. The Balaban J connectivity index is 2.14. The van der Waals surface area contributed by atoms with Crippen LogP contribution in [0.1, 0.15) is 23.7 Å². The summed E-state index contributed by atoms with van der Waals surface area (Å²) in [6.45, 7) is 9.54. The van der Waals surface area contributed by atoms with Crippen molar-refractivity contribution in [3.63, 3.8) is 0 Å². The number of hydrogen-bond acceptors (Lipinski definition) is 4. The van der Waals surface area contributed by atoms with Crippen molar-refractivity contribution in [1.29, 1.82) is 0 Å². The molecule has 3 rings (SSSR count). The van der Waals surface area contributed by atoms with Crippen molar-refractivity contribution in [2.45, 2.75) is 20.8 Å². The lowest BCUT2D eigenvalue weighted by molar-refractivity contribution is 0.122. The molecule has 3 heterocycles. The summed E-state index contributed by atoms with van der Waals surface area (Å²) < 4.78 is 5.46. The second-order valence-corrected chi connectivity index (χ2v) is 5.82. The summed E-state index contributed by atoms with van der Waals surface area (Å²) in [5, 5.41) is 0. The zero-order valence-corrected chi connectivity index (χ0v) is 14.0.